The topological polar surface area (TPSA) is 50.8 Å². The summed E-state index contributed by atoms with van der Waals surface area (Å²) in [6.45, 7) is 6.00. The molecule has 5 heteroatoms. The van der Waals surface area contributed by atoms with Crippen molar-refractivity contribution in [3.63, 3.8) is 0 Å². The molecule has 1 amide bonds. The van der Waals surface area contributed by atoms with E-state index in [9.17, 15) is 4.79 Å². The highest BCUT2D eigenvalue weighted by molar-refractivity contribution is 5.92. The maximum atomic E-state index is 12.2. The Balaban J connectivity index is 1.51. The second-order valence-electron chi connectivity index (χ2n) is 6.44. The summed E-state index contributed by atoms with van der Waals surface area (Å²) in [6, 6.07) is 17.0. The lowest BCUT2D eigenvalue weighted by Crippen LogP contribution is -2.48. The van der Waals surface area contributed by atoms with E-state index in [0.717, 1.165) is 30.3 Å². The Morgan fingerprint density at radius 1 is 1.04 bits per heavy atom. The molecule has 0 aliphatic carbocycles. The number of nitrogens with one attached hydrogen (secondary N) is 1. The van der Waals surface area contributed by atoms with E-state index in [1.54, 1.807) is 0 Å². The average Bonchev–Trinajstić information content (AvgIpc) is 2.56. The second-order valence-corrected chi connectivity index (χ2v) is 6.44. The molecule has 2 atom stereocenters. The molecule has 132 valence electrons. The lowest BCUT2D eigenvalue weighted by atomic mass is 10.2. The van der Waals surface area contributed by atoms with E-state index >= 15 is 0 Å². The number of rotatable bonds is 5. The second kappa shape index (κ2) is 8.14. The number of amides is 1. The van der Waals surface area contributed by atoms with Gasteiger partial charge in [0.2, 0.25) is 5.91 Å². The molecule has 1 heterocycles. The molecule has 1 aliphatic rings. The van der Waals surface area contributed by atoms with Gasteiger partial charge < -0.3 is 14.8 Å². The van der Waals surface area contributed by atoms with Gasteiger partial charge in [-0.05, 0) is 50.2 Å². The molecule has 2 aromatic rings. The van der Waals surface area contributed by atoms with Gasteiger partial charge in [-0.25, -0.2) is 0 Å². The molecule has 25 heavy (non-hydrogen) atoms. The first-order chi connectivity index (χ1) is 12.1. The maximum Gasteiger partial charge on any atom is 0.238 e. The predicted molar refractivity (Wildman–Crippen MR) is 98.0 cm³/mol. The zero-order chi connectivity index (χ0) is 17.6. The van der Waals surface area contributed by atoms with Crippen molar-refractivity contribution in [2.75, 3.05) is 25.0 Å². The summed E-state index contributed by atoms with van der Waals surface area (Å²) in [5.74, 6) is 1.51. The van der Waals surface area contributed by atoms with E-state index in [0.29, 0.717) is 6.54 Å². The molecule has 3 rings (SSSR count). The minimum atomic E-state index is -0.0157. The molecule has 1 saturated heterocycles. The van der Waals surface area contributed by atoms with Gasteiger partial charge in [0.25, 0.3) is 0 Å². The van der Waals surface area contributed by atoms with E-state index < -0.39 is 0 Å². The van der Waals surface area contributed by atoms with Gasteiger partial charge in [0.05, 0.1) is 18.8 Å². The quantitative estimate of drug-likeness (QED) is 0.905. The summed E-state index contributed by atoms with van der Waals surface area (Å²) >= 11 is 0. The van der Waals surface area contributed by atoms with Gasteiger partial charge in [0, 0.05) is 18.8 Å². The van der Waals surface area contributed by atoms with E-state index in [1.165, 1.54) is 0 Å². The summed E-state index contributed by atoms with van der Waals surface area (Å²) < 4.78 is 11.4. The van der Waals surface area contributed by atoms with Crippen molar-refractivity contribution in [3.8, 4) is 11.5 Å². The molecule has 1 fully saturated rings. The van der Waals surface area contributed by atoms with E-state index in [4.69, 9.17) is 9.47 Å². The van der Waals surface area contributed by atoms with Crippen LogP contribution in [-0.2, 0) is 9.53 Å². The normalized spacial score (nSPS) is 20.9. The molecule has 5 nitrogen and oxygen atoms in total. The van der Waals surface area contributed by atoms with Gasteiger partial charge in [-0.1, -0.05) is 18.2 Å². The summed E-state index contributed by atoms with van der Waals surface area (Å²) in [5, 5.41) is 2.93. The van der Waals surface area contributed by atoms with Crippen LogP contribution in [0.15, 0.2) is 54.6 Å². The molecule has 0 aromatic heterocycles. The third-order valence-electron chi connectivity index (χ3n) is 3.98. The number of nitrogens with zero attached hydrogens (tertiary/aromatic N) is 1. The van der Waals surface area contributed by atoms with Crippen molar-refractivity contribution in [1.82, 2.24) is 4.90 Å². The number of hydrogen-bond acceptors (Lipinski definition) is 4. The highest BCUT2D eigenvalue weighted by Crippen LogP contribution is 2.22. The first-order valence-corrected chi connectivity index (χ1v) is 8.59. The fourth-order valence-electron chi connectivity index (χ4n) is 3.05. The molecular weight excluding hydrogens is 316 g/mol. The van der Waals surface area contributed by atoms with Crippen LogP contribution >= 0.6 is 0 Å². The number of benzene rings is 2. The monoisotopic (exact) mass is 340 g/mol. The number of carbonyl (C=O) groups excluding carboxylic acids is 1. The van der Waals surface area contributed by atoms with Crippen LogP contribution in [0.4, 0.5) is 5.69 Å². The number of hydrogen-bond donors (Lipinski definition) is 1. The standard InChI is InChI=1S/C20H24N2O3/c1-15-12-22(13-16(2)24-15)14-20(23)21-17-8-10-19(11-9-17)25-18-6-4-3-5-7-18/h3-11,15-16H,12-14H2,1-2H3,(H,21,23). The molecule has 1 N–H and O–H groups in total. The van der Waals surface area contributed by atoms with E-state index in [2.05, 4.69) is 10.2 Å². The molecule has 0 saturated carbocycles. The van der Waals surface area contributed by atoms with Crippen LogP contribution in [0.3, 0.4) is 0 Å². The SMILES string of the molecule is CC1CN(CC(=O)Nc2ccc(Oc3ccccc3)cc2)CC(C)O1. The lowest BCUT2D eigenvalue weighted by molar-refractivity contribution is -0.121. The third-order valence-corrected chi connectivity index (χ3v) is 3.98. The summed E-state index contributed by atoms with van der Waals surface area (Å²) in [6.07, 6.45) is 0.317. The van der Waals surface area contributed by atoms with Crippen LogP contribution in [0, 0.1) is 0 Å². The molecule has 2 unspecified atom stereocenters. The Morgan fingerprint density at radius 3 is 2.28 bits per heavy atom. The number of anilines is 1. The first kappa shape index (κ1) is 17.5. The lowest BCUT2D eigenvalue weighted by Gasteiger charge is -2.34. The number of para-hydroxylation sites is 1. The van der Waals surface area contributed by atoms with Crippen LogP contribution in [0.2, 0.25) is 0 Å². The van der Waals surface area contributed by atoms with Crippen molar-refractivity contribution >= 4 is 11.6 Å². The fraction of sp³-hybridized carbons (Fsp3) is 0.350. The van der Waals surface area contributed by atoms with Gasteiger partial charge in [0.1, 0.15) is 11.5 Å². The summed E-state index contributed by atoms with van der Waals surface area (Å²) in [5.41, 5.74) is 0.764. The Morgan fingerprint density at radius 2 is 1.64 bits per heavy atom. The molecule has 0 bridgehead atoms. The number of carbonyl (C=O) groups is 1. The summed E-state index contributed by atoms with van der Waals surface area (Å²) in [4.78, 5) is 14.4. The van der Waals surface area contributed by atoms with Gasteiger partial charge in [0.15, 0.2) is 0 Å². The van der Waals surface area contributed by atoms with Gasteiger partial charge in [-0.2, -0.15) is 0 Å². The van der Waals surface area contributed by atoms with Crippen LogP contribution < -0.4 is 10.1 Å². The highest BCUT2D eigenvalue weighted by atomic mass is 16.5. The third kappa shape index (κ3) is 5.31. The van der Waals surface area contributed by atoms with Gasteiger partial charge >= 0.3 is 0 Å². The molecule has 0 spiro atoms. The fourth-order valence-corrected chi connectivity index (χ4v) is 3.05. The van der Waals surface area contributed by atoms with Crippen LogP contribution in [-0.4, -0.2) is 42.6 Å². The van der Waals surface area contributed by atoms with Crippen molar-refractivity contribution in [3.05, 3.63) is 54.6 Å². The maximum absolute atomic E-state index is 12.2. The van der Waals surface area contributed by atoms with Gasteiger partial charge in [-0.15, -0.1) is 0 Å². The average molecular weight is 340 g/mol. The van der Waals surface area contributed by atoms with Crippen LogP contribution in [0.5, 0.6) is 11.5 Å². The summed E-state index contributed by atoms with van der Waals surface area (Å²) in [7, 11) is 0. The Hall–Kier alpha value is -2.37. The number of ether oxygens (including phenoxy) is 2. The minimum absolute atomic E-state index is 0.0157. The highest BCUT2D eigenvalue weighted by Gasteiger charge is 2.23. The van der Waals surface area contributed by atoms with Crippen molar-refractivity contribution in [2.24, 2.45) is 0 Å². The minimum Gasteiger partial charge on any atom is -0.457 e. The van der Waals surface area contributed by atoms with Crippen molar-refractivity contribution in [1.29, 1.82) is 0 Å². The smallest absolute Gasteiger partial charge is 0.238 e. The zero-order valence-corrected chi connectivity index (χ0v) is 14.6. The van der Waals surface area contributed by atoms with Gasteiger partial charge in [-0.3, -0.25) is 9.69 Å². The molecular formula is C20H24N2O3. The zero-order valence-electron chi connectivity index (χ0n) is 14.6. The Labute approximate surface area is 148 Å². The molecule has 2 aromatic carbocycles. The molecule has 0 radical (unpaired) electrons. The van der Waals surface area contributed by atoms with Crippen molar-refractivity contribution in [2.45, 2.75) is 26.1 Å². The largest absolute Gasteiger partial charge is 0.457 e. The van der Waals surface area contributed by atoms with E-state index in [1.807, 2.05) is 68.4 Å². The molecule has 1 aliphatic heterocycles. The van der Waals surface area contributed by atoms with Crippen molar-refractivity contribution < 1.29 is 14.3 Å². The van der Waals surface area contributed by atoms with E-state index in [-0.39, 0.29) is 18.1 Å². The Kier molecular flexibility index (Phi) is 5.68. The first-order valence-electron chi connectivity index (χ1n) is 8.59. The predicted octanol–water partition coefficient (Wildman–Crippen LogP) is 3.53. The Bertz CT molecular complexity index is 678. The van der Waals surface area contributed by atoms with Crippen LogP contribution in [0.25, 0.3) is 0 Å². The number of morpholine rings is 1. The van der Waals surface area contributed by atoms with Crippen LogP contribution in [0.1, 0.15) is 13.8 Å².